The lowest BCUT2D eigenvalue weighted by Gasteiger charge is -2.15. The van der Waals surface area contributed by atoms with E-state index in [0.29, 0.717) is 0 Å². The maximum absolute atomic E-state index is 13.2. The third-order valence-electron chi connectivity index (χ3n) is 1.94. The van der Waals surface area contributed by atoms with Crippen LogP contribution in [0, 0.1) is 0 Å². The Morgan fingerprint density at radius 2 is 2.31 bits per heavy atom. The SMILES string of the molecule is C[C@@H]1O[C@H](CO)[C@@H](O[PH](=O)O)[C@H]1F. The molecule has 2 N–H and O–H groups in total. The zero-order chi connectivity index (χ0) is 10.0. The number of alkyl halides is 1. The van der Waals surface area contributed by atoms with Gasteiger partial charge < -0.3 is 19.3 Å². The van der Waals surface area contributed by atoms with Gasteiger partial charge in [-0.1, -0.05) is 0 Å². The van der Waals surface area contributed by atoms with E-state index < -0.39 is 39.3 Å². The smallest absolute Gasteiger partial charge is 0.317 e. The van der Waals surface area contributed by atoms with Crippen LogP contribution in [0.25, 0.3) is 0 Å². The van der Waals surface area contributed by atoms with Crippen LogP contribution < -0.4 is 0 Å². The lowest BCUT2D eigenvalue weighted by molar-refractivity contribution is -0.0113. The number of aliphatic hydroxyl groups is 1. The van der Waals surface area contributed by atoms with E-state index in [1.165, 1.54) is 6.92 Å². The van der Waals surface area contributed by atoms with Crippen molar-refractivity contribution in [3.63, 3.8) is 0 Å². The minimum atomic E-state index is -3.20. The van der Waals surface area contributed by atoms with E-state index in [0.717, 1.165) is 0 Å². The topological polar surface area (TPSA) is 76.0 Å². The van der Waals surface area contributed by atoms with Crippen LogP contribution in [0.3, 0.4) is 0 Å². The molecular weight excluding hydrogens is 202 g/mol. The number of hydrogen-bond donors (Lipinski definition) is 2. The Balaban J connectivity index is 2.62. The van der Waals surface area contributed by atoms with Crippen molar-refractivity contribution in [2.45, 2.75) is 31.4 Å². The van der Waals surface area contributed by atoms with Gasteiger partial charge in [0.1, 0.15) is 12.2 Å². The number of aliphatic hydroxyl groups excluding tert-OH is 1. The first-order chi connectivity index (χ1) is 6.06. The molecule has 1 heterocycles. The summed E-state index contributed by atoms with van der Waals surface area (Å²) in [6, 6.07) is 0. The number of ether oxygens (including phenoxy) is 1. The summed E-state index contributed by atoms with van der Waals surface area (Å²) < 4.78 is 32.9. The molecule has 0 aromatic carbocycles. The number of hydrogen-bond acceptors (Lipinski definition) is 4. The second kappa shape index (κ2) is 4.48. The van der Waals surface area contributed by atoms with Gasteiger partial charge in [0.15, 0.2) is 6.17 Å². The largest absolute Gasteiger partial charge is 0.394 e. The Morgan fingerprint density at radius 1 is 1.69 bits per heavy atom. The van der Waals surface area contributed by atoms with Crippen molar-refractivity contribution < 1.29 is 28.2 Å². The summed E-state index contributed by atoms with van der Waals surface area (Å²) in [6.45, 7) is 1.05. The predicted molar refractivity (Wildman–Crippen MR) is 42.4 cm³/mol. The van der Waals surface area contributed by atoms with Crippen molar-refractivity contribution in [3.05, 3.63) is 0 Å². The molecule has 7 heteroatoms. The Morgan fingerprint density at radius 3 is 2.77 bits per heavy atom. The van der Waals surface area contributed by atoms with Crippen LogP contribution in [0.5, 0.6) is 0 Å². The lowest BCUT2D eigenvalue weighted by Crippen LogP contribution is -2.32. The molecule has 0 aromatic rings. The highest BCUT2D eigenvalue weighted by Gasteiger charge is 2.44. The summed E-state index contributed by atoms with van der Waals surface area (Å²) in [7, 11) is -3.20. The standard InChI is InChI=1S/C6H12FO5P/c1-3-5(7)6(12-13(9)10)4(2-8)11-3/h3-6,8,13H,2H2,1H3,(H,9,10)/t3-,4+,5-,6+/m0/s1. The third kappa shape index (κ3) is 2.48. The zero-order valence-electron chi connectivity index (χ0n) is 7.01. The molecule has 0 amide bonds. The molecule has 1 aliphatic heterocycles. The summed E-state index contributed by atoms with van der Waals surface area (Å²) >= 11 is 0. The van der Waals surface area contributed by atoms with Gasteiger partial charge in [-0.05, 0) is 6.92 Å². The molecule has 1 fully saturated rings. The van der Waals surface area contributed by atoms with E-state index >= 15 is 0 Å². The Labute approximate surface area is 75.4 Å². The first kappa shape index (κ1) is 11.1. The fourth-order valence-electron chi connectivity index (χ4n) is 1.30. The number of halogens is 1. The van der Waals surface area contributed by atoms with Crippen LogP contribution in [0.2, 0.25) is 0 Å². The predicted octanol–water partition coefficient (Wildman–Crippen LogP) is -0.129. The Hall–Kier alpha value is -0.0000000000000000278. The first-order valence-electron chi connectivity index (χ1n) is 3.86. The van der Waals surface area contributed by atoms with Crippen LogP contribution in [0.4, 0.5) is 4.39 Å². The molecule has 1 aliphatic rings. The van der Waals surface area contributed by atoms with Gasteiger partial charge in [-0.15, -0.1) is 0 Å². The average Bonchev–Trinajstić information content (AvgIpc) is 2.31. The van der Waals surface area contributed by atoms with E-state index in [-0.39, 0.29) is 0 Å². The molecule has 0 aromatic heterocycles. The molecule has 1 unspecified atom stereocenters. The van der Waals surface area contributed by atoms with Crippen molar-refractivity contribution in [2.75, 3.05) is 6.61 Å². The molecule has 5 atom stereocenters. The maximum Gasteiger partial charge on any atom is 0.317 e. The quantitative estimate of drug-likeness (QED) is 0.640. The summed E-state index contributed by atoms with van der Waals surface area (Å²) in [5.74, 6) is 0. The fraction of sp³-hybridized carbons (Fsp3) is 1.00. The van der Waals surface area contributed by atoms with Gasteiger partial charge in [0.2, 0.25) is 0 Å². The van der Waals surface area contributed by atoms with Crippen LogP contribution in [0.15, 0.2) is 0 Å². The first-order valence-corrected chi connectivity index (χ1v) is 5.12. The van der Waals surface area contributed by atoms with Crippen molar-refractivity contribution >= 4 is 8.25 Å². The van der Waals surface area contributed by atoms with Gasteiger partial charge in [-0.3, -0.25) is 4.57 Å². The second-order valence-electron chi connectivity index (χ2n) is 2.86. The number of rotatable bonds is 3. The normalized spacial score (nSPS) is 42.2. The van der Waals surface area contributed by atoms with Crippen LogP contribution in [0.1, 0.15) is 6.92 Å². The molecular formula is C6H12FO5P. The Bertz CT molecular complexity index is 201. The summed E-state index contributed by atoms with van der Waals surface area (Å²) in [5, 5.41) is 8.74. The summed E-state index contributed by atoms with van der Waals surface area (Å²) in [6.07, 6.45) is -4.19. The third-order valence-corrected chi connectivity index (χ3v) is 2.41. The van der Waals surface area contributed by atoms with E-state index in [1.54, 1.807) is 0 Å². The lowest BCUT2D eigenvalue weighted by atomic mass is 10.1. The molecule has 1 rings (SSSR count). The van der Waals surface area contributed by atoms with Crippen molar-refractivity contribution in [2.24, 2.45) is 0 Å². The minimum absolute atomic E-state index is 0.426. The van der Waals surface area contributed by atoms with E-state index in [9.17, 15) is 8.96 Å². The molecule has 13 heavy (non-hydrogen) atoms. The average molecular weight is 214 g/mol. The van der Waals surface area contributed by atoms with Crippen molar-refractivity contribution in [1.82, 2.24) is 0 Å². The molecule has 0 aliphatic carbocycles. The van der Waals surface area contributed by atoms with Gasteiger partial charge in [0, 0.05) is 0 Å². The monoisotopic (exact) mass is 214 g/mol. The van der Waals surface area contributed by atoms with Crippen LogP contribution in [-0.2, 0) is 13.8 Å². The molecule has 0 bridgehead atoms. The molecule has 0 saturated carbocycles. The van der Waals surface area contributed by atoms with Crippen molar-refractivity contribution in [1.29, 1.82) is 0 Å². The van der Waals surface area contributed by atoms with E-state index in [4.69, 9.17) is 14.7 Å². The highest BCUT2D eigenvalue weighted by molar-refractivity contribution is 7.32. The van der Waals surface area contributed by atoms with Gasteiger partial charge in [0.25, 0.3) is 0 Å². The Kier molecular flexibility index (Phi) is 3.82. The molecule has 1 saturated heterocycles. The van der Waals surface area contributed by atoms with Gasteiger partial charge in [-0.2, -0.15) is 0 Å². The van der Waals surface area contributed by atoms with Gasteiger partial charge in [-0.25, -0.2) is 4.39 Å². The molecule has 0 spiro atoms. The minimum Gasteiger partial charge on any atom is -0.394 e. The summed E-state index contributed by atoms with van der Waals surface area (Å²) in [5.41, 5.74) is 0. The highest BCUT2D eigenvalue weighted by atomic mass is 31.1. The van der Waals surface area contributed by atoms with Gasteiger partial charge in [0.05, 0.1) is 12.7 Å². The highest BCUT2D eigenvalue weighted by Crippen LogP contribution is 2.32. The second-order valence-corrected chi connectivity index (χ2v) is 3.62. The van der Waals surface area contributed by atoms with Gasteiger partial charge >= 0.3 is 8.25 Å². The molecule has 0 radical (unpaired) electrons. The van der Waals surface area contributed by atoms with E-state index in [1.807, 2.05) is 0 Å². The summed E-state index contributed by atoms with van der Waals surface area (Å²) in [4.78, 5) is 8.45. The van der Waals surface area contributed by atoms with Crippen LogP contribution in [-0.4, -0.2) is 41.1 Å². The fourth-order valence-corrected chi connectivity index (χ4v) is 1.82. The van der Waals surface area contributed by atoms with Crippen molar-refractivity contribution in [3.8, 4) is 0 Å². The van der Waals surface area contributed by atoms with E-state index in [2.05, 4.69) is 4.52 Å². The zero-order valence-corrected chi connectivity index (χ0v) is 8.01. The van der Waals surface area contributed by atoms with Crippen LogP contribution >= 0.6 is 8.25 Å². The maximum atomic E-state index is 13.2. The molecule has 78 valence electrons. The molecule has 5 nitrogen and oxygen atoms in total.